The number of aliphatic hydroxyl groups excluding tert-OH is 2. The molecule has 0 aromatic heterocycles. The van der Waals surface area contributed by atoms with Crippen LogP contribution in [0.25, 0.3) is 11.1 Å². The summed E-state index contributed by atoms with van der Waals surface area (Å²) >= 11 is 0. The summed E-state index contributed by atoms with van der Waals surface area (Å²) in [5.41, 5.74) is 21.7. The summed E-state index contributed by atoms with van der Waals surface area (Å²) in [7, 11) is 0. The molecule has 0 saturated heterocycles. The molecule has 0 aliphatic heterocycles. The molecule has 0 aliphatic rings. The van der Waals surface area contributed by atoms with Gasteiger partial charge in [-0.3, -0.25) is 0 Å². The maximum atomic E-state index is 9.45. The minimum absolute atomic E-state index is 0.224. The average Bonchev–Trinajstić information content (AvgIpc) is 2.45. The molecule has 21 heavy (non-hydrogen) atoms. The van der Waals surface area contributed by atoms with Gasteiger partial charge in [-0.15, -0.1) is 0 Å². The molecule has 9 N–H and O–H groups in total. The van der Waals surface area contributed by atoms with E-state index in [1.165, 1.54) is 0 Å². The van der Waals surface area contributed by atoms with E-state index in [2.05, 4.69) is 5.32 Å². The Morgan fingerprint density at radius 3 is 2.29 bits per heavy atom. The molecule has 0 saturated carbocycles. The lowest BCUT2D eigenvalue weighted by Crippen LogP contribution is -2.23. The number of benzene rings is 2. The van der Waals surface area contributed by atoms with E-state index in [0.717, 1.165) is 16.8 Å². The molecule has 0 spiro atoms. The van der Waals surface area contributed by atoms with Gasteiger partial charge in [0.2, 0.25) is 0 Å². The average molecular weight is 288 g/mol. The first-order chi connectivity index (χ1) is 10.0. The van der Waals surface area contributed by atoms with Gasteiger partial charge in [0.15, 0.2) is 0 Å². The highest BCUT2D eigenvalue weighted by molar-refractivity contribution is 5.88. The monoisotopic (exact) mass is 288 g/mol. The van der Waals surface area contributed by atoms with E-state index in [-0.39, 0.29) is 13.2 Å². The van der Waals surface area contributed by atoms with Gasteiger partial charge in [0, 0.05) is 40.4 Å². The Bertz CT molecular complexity index is 631. The van der Waals surface area contributed by atoms with Crippen molar-refractivity contribution in [3.8, 4) is 11.1 Å². The van der Waals surface area contributed by atoms with Crippen LogP contribution in [0, 0.1) is 0 Å². The van der Waals surface area contributed by atoms with Gasteiger partial charge in [-0.05, 0) is 30.3 Å². The van der Waals surface area contributed by atoms with Crippen LogP contribution in [0.1, 0.15) is 0 Å². The molecule has 1 atom stereocenters. The zero-order valence-corrected chi connectivity index (χ0v) is 11.6. The summed E-state index contributed by atoms with van der Waals surface area (Å²) in [6, 6.07) is 10.6. The summed E-state index contributed by atoms with van der Waals surface area (Å²) in [6.45, 7) is -0.0798. The lowest BCUT2D eigenvalue weighted by atomic mass is 10.0. The molecular formula is C15H20N4O2. The van der Waals surface area contributed by atoms with Crippen LogP contribution in [0.2, 0.25) is 0 Å². The molecule has 0 radical (unpaired) electrons. The second-order valence-electron chi connectivity index (χ2n) is 4.87. The fourth-order valence-electron chi connectivity index (χ4n) is 2.06. The van der Waals surface area contributed by atoms with Crippen LogP contribution < -0.4 is 22.5 Å². The molecule has 0 heterocycles. The van der Waals surface area contributed by atoms with Gasteiger partial charge in [0.25, 0.3) is 0 Å². The largest absolute Gasteiger partial charge is 0.399 e. The Balaban J connectivity index is 2.39. The fourth-order valence-corrected chi connectivity index (χ4v) is 2.06. The summed E-state index contributed by atoms with van der Waals surface area (Å²) < 4.78 is 0. The van der Waals surface area contributed by atoms with Gasteiger partial charge in [0.1, 0.15) is 0 Å². The number of nitrogens with one attached hydrogen (secondary N) is 1. The van der Waals surface area contributed by atoms with Gasteiger partial charge in [-0.2, -0.15) is 0 Å². The van der Waals surface area contributed by atoms with Gasteiger partial charge >= 0.3 is 0 Å². The SMILES string of the molecule is Nc1ccc(-c2cc(N)ccc2NCC(O)CO)c(N)c1. The second-order valence-corrected chi connectivity index (χ2v) is 4.87. The second kappa shape index (κ2) is 6.34. The van der Waals surface area contributed by atoms with Crippen molar-refractivity contribution >= 4 is 22.7 Å². The maximum Gasteiger partial charge on any atom is 0.0942 e. The van der Waals surface area contributed by atoms with Crippen LogP contribution in [0.5, 0.6) is 0 Å². The molecule has 2 aromatic carbocycles. The minimum Gasteiger partial charge on any atom is -0.399 e. The third kappa shape index (κ3) is 3.56. The Hall–Kier alpha value is -2.44. The van der Waals surface area contributed by atoms with E-state index in [9.17, 15) is 5.11 Å². The van der Waals surface area contributed by atoms with Crippen molar-refractivity contribution < 1.29 is 10.2 Å². The molecule has 2 aromatic rings. The molecule has 112 valence electrons. The fraction of sp³-hybridized carbons (Fsp3) is 0.200. The standard InChI is InChI=1S/C15H20N4O2/c16-9-2-4-15(19-7-11(21)8-20)13(5-9)12-3-1-10(17)6-14(12)18/h1-6,11,19-21H,7-8,16-18H2. The number of anilines is 4. The molecule has 0 fully saturated rings. The summed E-state index contributed by atoms with van der Waals surface area (Å²) in [4.78, 5) is 0. The summed E-state index contributed by atoms with van der Waals surface area (Å²) in [5.74, 6) is 0. The highest BCUT2D eigenvalue weighted by Gasteiger charge is 2.10. The molecular weight excluding hydrogens is 268 g/mol. The van der Waals surface area contributed by atoms with Crippen molar-refractivity contribution in [2.75, 3.05) is 35.7 Å². The number of nitrogen functional groups attached to an aromatic ring is 3. The first-order valence-electron chi connectivity index (χ1n) is 6.59. The van der Waals surface area contributed by atoms with Crippen LogP contribution in [0.4, 0.5) is 22.7 Å². The Kier molecular flexibility index (Phi) is 4.52. The normalized spacial score (nSPS) is 12.1. The van der Waals surface area contributed by atoms with Crippen LogP contribution >= 0.6 is 0 Å². The predicted molar refractivity (Wildman–Crippen MR) is 86.7 cm³/mol. The van der Waals surface area contributed by atoms with Crippen molar-refractivity contribution in [3.05, 3.63) is 36.4 Å². The third-order valence-electron chi connectivity index (χ3n) is 3.15. The quantitative estimate of drug-likeness (QED) is 0.453. The zero-order chi connectivity index (χ0) is 15.4. The summed E-state index contributed by atoms with van der Waals surface area (Å²) in [6.07, 6.45) is -0.834. The highest BCUT2D eigenvalue weighted by Crippen LogP contribution is 2.34. The van der Waals surface area contributed by atoms with Gasteiger partial charge in [-0.1, -0.05) is 6.07 Å². The van der Waals surface area contributed by atoms with E-state index in [1.807, 2.05) is 12.1 Å². The molecule has 0 bridgehead atoms. The Labute approximate surface area is 123 Å². The highest BCUT2D eigenvalue weighted by atomic mass is 16.3. The van der Waals surface area contributed by atoms with Crippen LogP contribution in [-0.4, -0.2) is 29.5 Å². The zero-order valence-electron chi connectivity index (χ0n) is 11.6. The molecule has 2 rings (SSSR count). The maximum absolute atomic E-state index is 9.45. The predicted octanol–water partition coefficient (Wildman–Crippen LogP) is 0.865. The number of hydrogen-bond donors (Lipinski definition) is 6. The Morgan fingerprint density at radius 2 is 1.62 bits per heavy atom. The third-order valence-corrected chi connectivity index (χ3v) is 3.15. The lowest BCUT2D eigenvalue weighted by molar-refractivity contribution is 0.105. The van der Waals surface area contributed by atoms with E-state index in [4.69, 9.17) is 22.3 Å². The summed E-state index contributed by atoms with van der Waals surface area (Å²) in [5, 5.41) is 21.4. The van der Waals surface area contributed by atoms with Crippen molar-refractivity contribution in [3.63, 3.8) is 0 Å². The van der Waals surface area contributed by atoms with Crippen molar-refractivity contribution in [1.29, 1.82) is 0 Å². The van der Waals surface area contributed by atoms with Gasteiger partial charge < -0.3 is 32.7 Å². The molecule has 6 nitrogen and oxygen atoms in total. The van der Waals surface area contributed by atoms with E-state index in [1.54, 1.807) is 24.3 Å². The lowest BCUT2D eigenvalue weighted by Gasteiger charge is -2.16. The molecule has 6 heteroatoms. The number of rotatable bonds is 5. The molecule has 0 amide bonds. The number of aliphatic hydroxyl groups is 2. The topological polar surface area (TPSA) is 131 Å². The smallest absolute Gasteiger partial charge is 0.0942 e. The van der Waals surface area contributed by atoms with Crippen LogP contribution in [-0.2, 0) is 0 Å². The molecule has 0 aliphatic carbocycles. The Morgan fingerprint density at radius 1 is 0.952 bits per heavy atom. The van der Waals surface area contributed by atoms with Crippen molar-refractivity contribution in [1.82, 2.24) is 0 Å². The first-order valence-corrected chi connectivity index (χ1v) is 6.59. The van der Waals surface area contributed by atoms with Crippen molar-refractivity contribution in [2.45, 2.75) is 6.10 Å². The minimum atomic E-state index is -0.834. The number of hydrogen-bond acceptors (Lipinski definition) is 6. The van der Waals surface area contributed by atoms with E-state index >= 15 is 0 Å². The number of nitrogens with two attached hydrogens (primary N) is 3. The van der Waals surface area contributed by atoms with Crippen molar-refractivity contribution in [2.24, 2.45) is 0 Å². The van der Waals surface area contributed by atoms with Crippen LogP contribution in [0.3, 0.4) is 0 Å². The van der Waals surface area contributed by atoms with E-state index < -0.39 is 6.10 Å². The van der Waals surface area contributed by atoms with Gasteiger partial charge in [0.05, 0.1) is 12.7 Å². The van der Waals surface area contributed by atoms with E-state index in [0.29, 0.717) is 17.1 Å². The van der Waals surface area contributed by atoms with Crippen LogP contribution in [0.15, 0.2) is 36.4 Å². The van der Waals surface area contributed by atoms with Gasteiger partial charge in [-0.25, -0.2) is 0 Å². The molecule has 1 unspecified atom stereocenters. The first kappa shape index (κ1) is 15.0.